The van der Waals surface area contributed by atoms with Gasteiger partial charge in [0.15, 0.2) is 0 Å². The Kier molecular flexibility index (Phi) is 9.75. The molecule has 196 valence electrons. The van der Waals surface area contributed by atoms with Gasteiger partial charge in [-0.05, 0) is 111 Å². The molecule has 1 aromatic heterocycles. The van der Waals surface area contributed by atoms with E-state index in [1.54, 1.807) is 0 Å². The second-order valence-electron chi connectivity index (χ2n) is 12.0. The Balaban J connectivity index is 2.82. The summed E-state index contributed by atoms with van der Waals surface area (Å²) in [7, 11) is 4.06. The quantitative estimate of drug-likeness (QED) is 0.377. The van der Waals surface area contributed by atoms with Crippen molar-refractivity contribution in [2.24, 2.45) is 5.92 Å². The number of hydrogen-bond donors (Lipinski definition) is 0. The minimum Gasteiger partial charge on any atom is -0.335 e. The van der Waals surface area contributed by atoms with E-state index >= 15 is 0 Å². The van der Waals surface area contributed by atoms with Gasteiger partial charge in [0.2, 0.25) is 0 Å². The van der Waals surface area contributed by atoms with E-state index in [-0.39, 0.29) is 11.4 Å². The lowest BCUT2D eigenvalue weighted by molar-refractivity contribution is 0.0648. The average molecular weight is 483 g/mol. The van der Waals surface area contributed by atoms with Crippen molar-refractivity contribution in [3.05, 3.63) is 46.6 Å². The van der Waals surface area contributed by atoms with Gasteiger partial charge in [0.05, 0.1) is 5.69 Å². The van der Waals surface area contributed by atoms with Crippen LogP contribution in [-0.4, -0.2) is 58.0 Å². The van der Waals surface area contributed by atoms with Gasteiger partial charge in [-0.2, -0.15) is 0 Å². The Labute approximate surface area is 215 Å². The number of likely N-dealkylation sites (tertiary alicyclic amines) is 1. The molecule has 0 N–H and O–H groups in total. The van der Waals surface area contributed by atoms with Gasteiger partial charge >= 0.3 is 0 Å². The van der Waals surface area contributed by atoms with Crippen molar-refractivity contribution < 1.29 is 4.79 Å². The Morgan fingerprint density at radius 1 is 1.20 bits per heavy atom. The summed E-state index contributed by atoms with van der Waals surface area (Å²) >= 11 is 0. The number of rotatable bonds is 8. The SMILES string of the molecule is C=C(C)C(=CC(CC(C)C)=C(C)C)n1c(C2CCN(C)CC2)nc(C(=O)N(C)C(C)(C)C)c1CC. The molecule has 1 aliphatic heterocycles. The molecule has 0 atom stereocenters. The van der Waals surface area contributed by atoms with Crippen molar-refractivity contribution in [2.75, 3.05) is 27.2 Å². The number of allylic oxidation sites excluding steroid dienone is 5. The highest BCUT2D eigenvalue weighted by atomic mass is 16.2. The smallest absolute Gasteiger partial charge is 0.274 e. The summed E-state index contributed by atoms with van der Waals surface area (Å²) < 4.78 is 2.30. The molecule has 2 rings (SSSR count). The molecule has 1 amide bonds. The largest absolute Gasteiger partial charge is 0.335 e. The van der Waals surface area contributed by atoms with Gasteiger partial charge in [0.1, 0.15) is 11.5 Å². The summed E-state index contributed by atoms with van der Waals surface area (Å²) in [6.45, 7) is 25.8. The van der Waals surface area contributed by atoms with E-state index in [2.05, 4.69) is 91.5 Å². The van der Waals surface area contributed by atoms with Crippen LogP contribution in [0.4, 0.5) is 0 Å². The molecule has 0 aromatic carbocycles. The van der Waals surface area contributed by atoms with Gasteiger partial charge in [-0.15, -0.1) is 0 Å². The Morgan fingerprint density at radius 3 is 2.20 bits per heavy atom. The Bertz CT molecular complexity index is 975. The molecule has 0 spiro atoms. The van der Waals surface area contributed by atoms with Gasteiger partial charge < -0.3 is 9.80 Å². The fourth-order valence-electron chi connectivity index (χ4n) is 4.63. The summed E-state index contributed by atoms with van der Waals surface area (Å²) in [5.74, 6) is 1.89. The van der Waals surface area contributed by atoms with Crippen LogP contribution in [0.25, 0.3) is 5.70 Å². The van der Waals surface area contributed by atoms with E-state index in [0.29, 0.717) is 17.5 Å². The van der Waals surface area contributed by atoms with Crippen LogP contribution in [0.15, 0.2) is 29.4 Å². The van der Waals surface area contributed by atoms with Crippen molar-refractivity contribution >= 4 is 11.6 Å². The fraction of sp³-hybridized carbons (Fsp3) is 0.667. The van der Waals surface area contributed by atoms with Crippen molar-refractivity contribution in [1.29, 1.82) is 0 Å². The number of amides is 1. The van der Waals surface area contributed by atoms with Crippen molar-refractivity contribution in [1.82, 2.24) is 19.4 Å². The molecule has 0 radical (unpaired) electrons. The molecule has 1 aliphatic rings. The number of piperidine rings is 1. The molecule has 5 heteroatoms. The molecule has 5 nitrogen and oxygen atoms in total. The van der Waals surface area contributed by atoms with Crippen LogP contribution in [0.1, 0.15) is 110 Å². The summed E-state index contributed by atoms with van der Waals surface area (Å²) in [5.41, 5.74) is 6.03. The highest BCUT2D eigenvalue weighted by Crippen LogP contribution is 2.35. The zero-order chi connectivity index (χ0) is 26.7. The Morgan fingerprint density at radius 2 is 1.77 bits per heavy atom. The molecule has 0 bridgehead atoms. The van der Waals surface area contributed by atoms with Gasteiger partial charge in [-0.3, -0.25) is 9.36 Å². The summed E-state index contributed by atoms with van der Waals surface area (Å²) in [5, 5.41) is 0. The van der Waals surface area contributed by atoms with E-state index in [4.69, 9.17) is 4.98 Å². The van der Waals surface area contributed by atoms with E-state index < -0.39 is 0 Å². The Hall–Kier alpha value is -2.14. The number of imidazole rings is 1. The first-order valence-electron chi connectivity index (χ1n) is 13.3. The van der Waals surface area contributed by atoms with Crippen molar-refractivity contribution in [3.63, 3.8) is 0 Å². The van der Waals surface area contributed by atoms with Crippen LogP contribution in [-0.2, 0) is 6.42 Å². The summed E-state index contributed by atoms with van der Waals surface area (Å²) in [6.07, 6.45) is 6.14. The standard InChI is InChI=1S/C30H50N4O/c1-13-25-27(29(35)33(12)30(8,9)10)31-28(23-14-16-32(11)17-15-23)34(25)26(22(6)7)19-24(21(4)5)18-20(2)3/h19-20,23H,6,13-18H2,1-5,7-12H3. The predicted octanol–water partition coefficient (Wildman–Crippen LogP) is 6.92. The minimum absolute atomic E-state index is 0.00652. The van der Waals surface area contributed by atoms with Gasteiger partial charge in [-0.25, -0.2) is 4.98 Å². The summed E-state index contributed by atoms with van der Waals surface area (Å²) in [6, 6.07) is 0. The zero-order valence-corrected chi connectivity index (χ0v) is 24.4. The third-order valence-corrected chi connectivity index (χ3v) is 7.19. The molecule has 1 aromatic rings. The normalized spacial score (nSPS) is 16.1. The number of aromatic nitrogens is 2. The average Bonchev–Trinajstić information content (AvgIpc) is 3.13. The molecule has 0 aliphatic carbocycles. The van der Waals surface area contributed by atoms with Crippen molar-refractivity contribution in [2.45, 2.75) is 99.5 Å². The van der Waals surface area contributed by atoms with Crippen LogP contribution < -0.4 is 0 Å². The number of carbonyl (C=O) groups excluding carboxylic acids is 1. The number of hydrogen-bond acceptors (Lipinski definition) is 3. The lowest BCUT2D eigenvalue weighted by Crippen LogP contribution is -2.43. The molecule has 0 saturated carbocycles. The highest BCUT2D eigenvalue weighted by molar-refractivity contribution is 5.94. The maximum Gasteiger partial charge on any atom is 0.274 e. The third-order valence-electron chi connectivity index (χ3n) is 7.19. The van der Waals surface area contributed by atoms with Gasteiger partial charge in [0.25, 0.3) is 5.91 Å². The third kappa shape index (κ3) is 6.97. The van der Waals surface area contributed by atoms with E-state index in [0.717, 1.165) is 61.6 Å². The lowest BCUT2D eigenvalue weighted by Gasteiger charge is -2.31. The fourth-order valence-corrected chi connectivity index (χ4v) is 4.63. The molecule has 35 heavy (non-hydrogen) atoms. The van der Waals surface area contributed by atoms with Crippen LogP contribution in [0.3, 0.4) is 0 Å². The predicted molar refractivity (Wildman–Crippen MR) is 150 cm³/mol. The van der Waals surface area contributed by atoms with Crippen LogP contribution >= 0.6 is 0 Å². The molecular formula is C30H50N4O. The first-order chi connectivity index (χ1) is 16.2. The number of nitrogens with zero attached hydrogens (tertiary/aromatic N) is 4. The minimum atomic E-state index is -0.279. The van der Waals surface area contributed by atoms with Gasteiger partial charge in [0, 0.05) is 24.2 Å². The topological polar surface area (TPSA) is 41.4 Å². The van der Waals surface area contributed by atoms with Crippen LogP contribution in [0.2, 0.25) is 0 Å². The first kappa shape index (κ1) is 29.1. The monoisotopic (exact) mass is 482 g/mol. The molecule has 0 unspecified atom stereocenters. The lowest BCUT2D eigenvalue weighted by atomic mass is 9.95. The zero-order valence-electron chi connectivity index (χ0n) is 24.4. The molecular weight excluding hydrogens is 432 g/mol. The van der Waals surface area contributed by atoms with E-state index in [9.17, 15) is 4.79 Å². The highest BCUT2D eigenvalue weighted by Gasteiger charge is 2.33. The second-order valence-corrected chi connectivity index (χ2v) is 12.0. The van der Waals surface area contributed by atoms with E-state index in [1.807, 2.05) is 11.9 Å². The maximum atomic E-state index is 13.7. The maximum absolute atomic E-state index is 13.7. The molecule has 1 fully saturated rings. The summed E-state index contributed by atoms with van der Waals surface area (Å²) in [4.78, 5) is 23.1. The number of carbonyl (C=O) groups is 1. The van der Waals surface area contributed by atoms with E-state index in [1.165, 1.54) is 11.1 Å². The molecule has 1 saturated heterocycles. The van der Waals surface area contributed by atoms with Crippen LogP contribution in [0, 0.1) is 5.92 Å². The van der Waals surface area contributed by atoms with Crippen molar-refractivity contribution in [3.8, 4) is 0 Å². The van der Waals surface area contributed by atoms with Gasteiger partial charge in [-0.1, -0.05) is 32.9 Å². The molecule has 2 heterocycles. The second kappa shape index (κ2) is 11.7. The van der Waals surface area contributed by atoms with Crippen LogP contribution in [0.5, 0.6) is 0 Å². The first-order valence-corrected chi connectivity index (χ1v) is 13.3.